The highest BCUT2D eigenvalue weighted by atomic mass is 35.5. The lowest BCUT2D eigenvalue weighted by Crippen LogP contribution is -2.46. The lowest BCUT2D eigenvalue weighted by atomic mass is 9.67. The molecule has 3 rings (SSSR count). The van der Waals surface area contributed by atoms with Crippen LogP contribution in [0.3, 0.4) is 0 Å². The van der Waals surface area contributed by atoms with Crippen LogP contribution in [0, 0.1) is 5.41 Å². The molecule has 0 aromatic carbocycles. The molecule has 3 aliphatic rings. The Hall–Kier alpha value is 0.240. The van der Waals surface area contributed by atoms with Crippen LogP contribution in [0.5, 0.6) is 0 Å². The highest BCUT2D eigenvalue weighted by molar-refractivity contribution is 5.85. The van der Waals surface area contributed by atoms with E-state index < -0.39 is 0 Å². The predicted octanol–water partition coefficient (Wildman–Crippen LogP) is 3.79. The summed E-state index contributed by atoms with van der Waals surface area (Å²) < 4.78 is 0. The van der Waals surface area contributed by atoms with E-state index in [0.717, 1.165) is 17.5 Å². The van der Waals surface area contributed by atoms with Gasteiger partial charge in [0.25, 0.3) is 0 Å². The molecule has 118 valence electrons. The highest BCUT2D eigenvalue weighted by Crippen LogP contribution is 2.44. The van der Waals surface area contributed by atoms with E-state index in [4.69, 9.17) is 0 Å². The molecule has 1 unspecified atom stereocenters. The number of nitrogens with one attached hydrogen (secondary N) is 1. The maximum atomic E-state index is 3.52. The van der Waals surface area contributed by atoms with Gasteiger partial charge in [0.2, 0.25) is 0 Å². The molecule has 0 amide bonds. The Morgan fingerprint density at radius 2 is 1.75 bits per heavy atom. The van der Waals surface area contributed by atoms with Gasteiger partial charge in [-0.3, -0.25) is 4.90 Å². The van der Waals surface area contributed by atoms with Crippen LogP contribution in [-0.4, -0.2) is 36.6 Å². The standard InChI is InChI=1S/C16H28N2.2ClH/c1-2-14-4-3-13-18(14)15-5-7-16(8-6-15)9-11-17-12-10-16;;/h3-4,14-15,17H,2,5-13H2,1H3;2*1H. The molecule has 1 N–H and O–H groups in total. The maximum absolute atomic E-state index is 3.52. The van der Waals surface area contributed by atoms with E-state index in [9.17, 15) is 0 Å². The molecular weight excluding hydrogens is 291 g/mol. The largest absolute Gasteiger partial charge is 0.317 e. The van der Waals surface area contributed by atoms with Crippen molar-refractivity contribution in [3.8, 4) is 0 Å². The van der Waals surface area contributed by atoms with Crippen LogP contribution < -0.4 is 5.32 Å². The second-order valence-corrected chi connectivity index (χ2v) is 6.58. The Morgan fingerprint density at radius 3 is 2.35 bits per heavy atom. The lowest BCUT2D eigenvalue weighted by Gasteiger charge is -2.46. The second-order valence-electron chi connectivity index (χ2n) is 6.58. The van der Waals surface area contributed by atoms with E-state index in [0.29, 0.717) is 0 Å². The second kappa shape index (κ2) is 8.03. The molecule has 2 fully saturated rings. The molecule has 0 aromatic heterocycles. The van der Waals surface area contributed by atoms with Crippen molar-refractivity contribution in [2.24, 2.45) is 5.41 Å². The number of hydrogen-bond donors (Lipinski definition) is 1. The summed E-state index contributed by atoms with van der Waals surface area (Å²) in [5, 5.41) is 3.52. The van der Waals surface area contributed by atoms with Gasteiger partial charge in [0, 0.05) is 18.6 Å². The van der Waals surface area contributed by atoms with Crippen LogP contribution in [0.1, 0.15) is 51.9 Å². The summed E-state index contributed by atoms with van der Waals surface area (Å²) in [6.07, 6.45) is 14.8. The fourth-order valence-electron chi connectivity index (χ4n) is 4.38. The minimum absolute atomic E-state index is 0. The summed E-state index contributed by atoms with van der Waals surface area (Å²) in [7, 11) is 0. The molecule has 0 bridgehead atoms. The van der Waals surface area contributed by atoms with Crippen molar-refractivity contribution in [3.05, 3.63) is 12.2 Å². The van der Waals surface area contributed by atoms with Gasteiger partial charge in [0.1, 0.15) is 0 Å². The molecule has 0 aromatic rings. The third kappa shape index (κ3) is 3.71. The Bertz CT molecular complexity index is 304. The Morgan fingerprint density at radius 1 is 1.10 bits per heavy atom. The zero-order valence-electron chi connectivity index (χ0n) is 12.6. The van der Waals surface area contributed by atoms with Crippen molar-refractivity contribution < 1.29 is 0 Å². The molecule has 2 heterocycles. The first kappa shape index (κ1) is 18.3. The van der Waals surface area contributed by atoms with Crippen LogP contribution in [0.2, 0.25) is 0 Å². The first-order chi connectivity index (χ1) is 8.83. The summed E-state index contributed by atoms with van der Waals surface area (Å²) in [5.74, 6) is 0. The topological polar surface area (TPSA) is 15.3 Å². The van der Waals surface area contributed by atoms with Gasteiger partial charge >= 0.3 is 0 Å². The summed E-state index contributed by atoms with van der Waals surface area (Å²) >= 11 is 0. The van der Waals surface area contributed by atoms with Crippen LogP contribution in [-0.2, 0) is 0 Å². The summed E-state index contributed by atoms with van der Waals surface area (Å²) in [5.41, 5.74) is 0.719. The summed E-state index contributed by atoms with van der Waals surface area (Å²) in [6, 6.07) is 1.60. The van der Waals surface area contributed by atoms with Crippen LogP contribution in [0.15, 0.2) is 12.2 Å². The SMILES string of the molecule is CCC1C=CCN1C1CCC2(CCNCC2)CC1.Cl.Cl. The van der Waals surface area contributed by atoms with Gasteiger partial charge in [0.15, 0.2) is 0 Å². The van der Waals surface area contributed by atoms with E-state index in [1.807, 2.05) is 0 Å². The molecule has 20 heavy (non-hydrogen) atoms. The number of rotatable bonds is 2. The number of halogens is 2. The number of hydrogen-bond acceptors (Lipinski definition) is 2. The minimum Gasteiger partial charge on any atom is -0.317 e. The van der Waals surface area contributed by atoms with E-state index in [2.05, 4.69) is 29.3 Å². The Labute approximate surface area is 136 Å². The van der Waals surface area contributed by atoms with Gasteiger partial charge < -0.3 is 5.32 Å². The molecule has 1 aliphatic carbocycles. The summed E-state index contributed by atoms with van der Waals surface area (Å²) in [6.45, 7) is 6.04. The molecule has 2 nitrogen and oxygen atoms in total. The third-order valence-electron chi connectivity index (χ3n) is 5.67. The predicted molar refractivity (Wildman–Crippen MR) is 91.2 cm³/mol. The fourth-order valence-corrected chi connectivity index (χ4v) is 4.38. The summed E-state index contributed by atoms with van der Waals surface area (Å²) in [4.78, 5) is 2.76. The zero-order chi connectivity index (χ0) is 12.4. The van der Waals surface area contributed by atoms with Crippen molar-refractivity contribution in [2.45, 2.75) is 64.0 Å². The van der Waals surface area contributed by atoms with Gasteiger partial charge in [-0.25, -0.2) is 0 Å². The van der Waals surface area contributed by atoms with Crippen LogP contribution in [0.4, 0.5) is 0 Å². The molecule has 1 saturated heterocycles. The first-order valence-corrected chi connectivity index (χ1v) is 7.96. The molecule has 1 spiro atoms. The molecule has 0 radical (unpaired) electrons. The van der Waals surface area contributed by atoms with E-state index in [1.165, 1.54) is 64.6 Å². The monoisotopic (exact) mass is 320 g/mol. The van der Waals surface area contributed by atoms with Crippen molar-refractivity contribution >= 4 is 24.8 Å². The van der Waals surface area contributed by atoms with Gasteiger partial charge in [0.05, 0.1) is 0 Å². The molecule has 2 aliphatic heterocycles. The van der Waals surface area contributed by atoms with E-state index >= 15 is 0 Å². The smallest absolute Gasteiger partial charge is 0.0282 e. The normalized spacial score (nSPS) is 29.9. The molecule has 4 heteroatoms. The Balaban J connectivity index is 0.000001000. The fraction of sp³-hybridized carbons (Fsp3) is 0.875. The van der Waals surface area contributed by atoms with Gasteiger partial charge in [-0.1, -0.05) is 19.1 Å². The van der Waals surface area contributed by atoms with Crippen LogP contribution in [0.25, 0.3) is 0 Å². The van der Waals surface area contributed by atoms with Crippen molar-refractivity contribution in [1.29, 1.82) is 0 Å². The van der Waals surface area contributed by atoms with Gasteiger partial charge in [-0.05, 0) is 63.5 Å². The number of nitrogens with zero attached hydrogens (tertiary/aromatic N) is 1. The highest BCUT2D eigenvalue weighted by Gasteiger charge is 2.38. The average Bonchev–Trinajstić information content (AvgIpc) is 2.89. The minimum atomic E-state index is 0. The third-order valence-corrected chi connectivity index (χ3v) is 5.67. The molecular formula is C16H30Cl2N2. The van der Waals surface area contributed by atoms with Crippen molar-refractivity contribution in [1.82, 2.24) is 10.2 Å². The lowest BCUT2D eigenvalue weighted by molar-refractivity contribution is 0.0627. The quantitative estimate of drug-likeness (QED) is 0.779. The Kier molecular flexibility index (Phi) is 7.34. The van der Waals surface area contributed by atoms with Gasteiger partial charge in [-0.2, -0.15) is 0 Å². The molecule has 1 atom stereocenters. The number of piperidine rings is 1. The van der Waals surface area contributed by atoms with Crippen molar-refractivity contribution in [3.63, 3.8) is 0 Å². The first-order valence-electron chi connectivity index (χ1n) is 7.96. The molecule has 1 saturated carbocycles. The van der Waals surface area contributed by atoms with E-state index in [-0.39, 0.29) is 24.8 Å². The van der Waals surface area contributed by atoms with Crippen molar-refractivity contribution in [2.75, 3.05) is 19.6 Å². The maximum Gasteiger partial charge on any atom is 0.0282 e. The zero-order valence-corrected chi connectivity index (χ0v) is 14.3. The van der Waals surface area contributed by atoms with E-state index in [1.54, 1.807) is 0 Å². The average molecular weight is 321 g/mol. The van der Waals surface area contributed by atoms with Crippen LogP contribution >= 0.6 is 24.8 Å². The van der Waals surface area contributed by atoms with Gasteiger partial charge in [-0.15, -0.1) is 24.8 Å².